The molecule has 0 bridgehead atoms. The van der Waals surface area contributed by atoms with Gasteiger partial charge in [0.1, 0.15) is 19.8 Å². The lowest BCUT2D eigenvalue weighted by Crippen LogP contribution is -2.15. The van der Waals surface area contributed by atoms with Crippen molar-refractivity contribution in [3.8, 4) is 22.2 Å². The normalized spacial score (nSPS) is 13.5. The molecule has 2 aromatic heterocycles. The summed E-state index contributed by atoms with van der Waals surface area (Å²) in [7, 11) is 0. The average molecular weight is 316 g/mol. The lowest BCUT2D eigenvalue weighted by atomic mass is 10.2. The minimum absolute atomic E-state index is 0.149. The largest absolute Gasteiger partial charge is 0.486 e. The van der Waals surface area contributed by atoms with Gasteiger partial charge in [0.15, 0.2) is 17.3 Å². The van der Waals surface area contributed by atoms with Crippen LogP contribution in [0.4, 0.5) is 0 Å². The predicted molar refractivity (Wildman–Crippen MR) is 81.7 cm³/mol. The molecule has 0 atom stereocenters. The van der Waals surface area contributed by atoms with E-state index in [0.29, 0.717) is 36.1 Å². The molecule has 3 heterocycles. The van der Waals surface area contributed by atoms with Crippen LogP contribution in [-0.4, -0.2) is 33.8 Å². The number of nitrogens with zero attached hydrogens (tertiary/aromatic N) is 2. The average Bonchev–Trinajstić information content (AvgIpc) is 3.13. The molecule has 0 saturated heterocycles. The van der Waals surface area contributed by atoms with E-state index in [9.17, 15) is 9.90 Å². The third-order valence-electron chi connectivity index (χ3n) is 3.45. The smallest absolute Gasteiger partial charge is 0.323 e. The Balaban J connectivity index is 1.96. The lowest BCUT2D eigenvalue weighted by Gasteiger charge is -2.18. The van der Waals surface area contributed by atoms with Gasteiger partial charge in [0.2, 0.25) is 0 Å². The molecule has 0 spiro atoms. The highest BCUT2D eigenvalue weighted by atomic mass is 32.1. The summed E-state index contributed by atoms with van der Waals surface area (Å²) in [5.74, 6) is 1.02. The van der Waals surface area contributed by atoms with Gasteiger partial charge in [-0.3, -0.25) is 4.79 Å². The van der Waals surface area contributed by atoms with Gasteiger partial charge in [-0.2, -0.15) is 0 Å². The minimum atomic E-state index is -0.910. The fraction of sp³-hybridized carbons (Fsp3) is 0.200. The summed E-state index contributed by atoms with van der Waals surface area (Å²) in [6.45, 7) is 0.846. The number of imidazole rings is 1. The summed E-state index contributed by atoms with van der Waals surface area (Å²) >= 11 is 1.53. The van der Waals surface area contributed by atoms with Crippen LogP contribution in [-0.2, 0) is 11.3 Å². The van der Waals surface area contributed by atoms with Gasteiger partial charge in [-0.1, -0.05) is 6.07 Å². The number of carbonyl (C=O) groups is 1. The molecule has 4 rings (SSSR count). The van der Waals surface area contributed by atoms with Gasteiger partial charge in [-0.25, -0.2) is 4.98 Å². The van der Waals surface area contributed by atoms with Gasteiger partial charge >= 0.3 is 5.97 Å². The number of aromatic nitrogens is 2. The first-order valence-corrected chi connectivity index (χ1v) is 7.66. The number of aliphatic carboxylic acids is 1. The van der Waals surface area contributed by atoms with Crippen molar-refractivity contribution >= 4 is 28.3 Å². The van der Waals surface area contributed by atoms with Crippen LogP contribution in [0.15, 0.2) is 29.6 Å². The van der Waals surface area contributed by atoms with Gasteiger partial charge < -0.3 is 19.1 Å². The zero-order chi connectivity index (χ0) is 15.1. The number of hydrogen-bond donors (Lipinski definition) is 1. The minimum Gasteiger partial charge on any atom is -0.486 e. The molecular weight excluding hydrogens is 304 g/mol. The van der Waals surface area contributed by atoms with E-state index in [0.717, 1.165) is 10.4 Å². The zero-order valence-electron chi connectivity index (χ0n) is 11.5. The van der Waals surface area contributed by atoms with Gasteiger partial charge in [-0.05, 0) is 11.4 Å². The van der Waals surface area contributed by atoms with Crippen molar-refractivity contribution in [1.29, 1.82) is 0 Å². The first-order valence-electron chi connectivity index (χ1n) is 6.78. The van der Waals surface area contributed by atoms with Gasteiger partial charge in [0.25, 0.3) is 0 Å². The SMILES string of the molecule is O=C(O)Cn1c(-c2cccs2)nc2cc3c(cc21)OCCO3. The lowest BCUT2D eigenvalue weighted by molar-refractivity contribution is -0.137. The Bertz CT molecular complexity index is 854. The third-order valence-corrected chi connectivity index (χ3v) is 4.31. The van der Waals surface area contributed by atoms with E-state index >= 15 is 0 Å². The number of thiophene rings is 1. The highest BCUT2D eigenvalue weighted by Gasteiger charge is 2.20. The van der Waals surface area contributed by atoms with Gasteiger partial charge in [0.05, 0.1) is 15.9 Å². The van der Waals surface area contributed by atoms with E-state index in [-0.39, 0.29) is 6.54 Å². The van der Waals surface area contributed by atoms with Gasteiger partial charge in [0, 0.05) is 12.1 Å². The standard InChI is InChI=1S/C15H12N2O4S/c18-14(19)8-17-10-7-12-11(20-3-4-21-12)6-9(10)16-15(17)13-2-1-5-22-13/h1-2,5-7H,3-4,8H2,(H,18,19). The summed E-state index contributed by atoms with van der Waals surface area (Å²) in [6.07, 6.45) is 0. The molecule has 0 amide bonds. The number of hydrogen-bond acceptors (Lipinski definition) is 5. The Labute approximate surface area is 129 Å². The summed E-state index contributed by atoms with van der Waals surface area (Å²) in [5.41, 5.74) is 1.43. The van der Waals surface area contributed by atoms with E-state index in [1.54, 1.807) is 16.7 Å². The summed E-state index contributed by atoms with van der Waals surface area (Å²) in [4.78, 5) is 16.7. The second kappa shape index (κ2) is 5.03. The summed E-state index contributed by atoms with van der Waals surface area (Å²) in [6, 6.07) is 7.45. The van der Waals surface area contributed by atoms with Crippen molar-refractivity contribution in [1.82, 2.24) is 9.55 Å². The molecule has 1 aromatic carbocycles. The van der Waals surface area contributed by atoms with Crippen LogP contribution in [0.3, 0.4) is 0 Å². The number of rotatable bonds is 3. The van der Waals surface area contributed by atoms with Crippen molar-refractivity contribution < 1.29 is 19.4 Å². The third kappa shape index (κ3) is 2.10. The summed E-state index contributed by atoms with van der Waals surface area (Å²) < 4.78 is 12.8. The molecule has 6 nitrogen and oxygen atoms in total. The van der Waals surface area contributed by atoms with Crippen molar-refractivity contribution in [2.75, 3.05) is 13.2 Å². The van der Waals surface area contributed by atoms with E-state index in [4.69, 9.17) is 9.47 Å². The Morgan fingerprint density at radius 2 is 2.09 bits per heavy atom. The van der Waals surface area contributed by atoms with Crippen LogP contribution >= 0.6 is 11.3 Å². The highest BCUT2D eigenvalue weighted by Crippen LogP contribution is 2.37. The van der Waals surface area contributed by atoms with E-state index in [1.165, 1.54) is 11.3 Å². The van der Waals surface area contributed by atoms with Gasteiger partial charge in [-0.15, -0.1) is 11.3 Å². The molecule has 0 fully saturated rings. The van der Waals surface area contributed by atoms with E-state index in [2.05, 4.69) is 4.98 Å². The Morgan fingerprint density at radius 1 is 1.32 bits per heavy atom. The first-order chi connectivity index (χ1) is 10.7. The van der Waals surface area contributed by atoms with Crippen molar-refractivity contribution in [2.45, 2.75) is 6.54 Å². The van der Waals surface area contributed by atoms with E-state index in [1.807, 2.05) is 17.5 Å². The maximum Gasteiger partial charge on any atom is 0.323 e. The maximum absolute atomic E-state index is 11.2. The molecule has 3 aromatic rings. The molecule has 1 aliphatic heterocycles. The fourth-order valence-electron chi connectivity index (χ4n) is 2.55. The molecule has 0 saturated carbocycles. The van der Waals surface area contributed by atoms with Crippen molar-refractivity contribution in [3.63, 3.8) is 0 Å². The molecule has 0 unspecified atom stereocenters. The second-order valence-corrected chi connectivity index (χ2v) is 5.82. The second-order valence-electron chi connectivity index (χ2n) is 4.88. The predicted octanol–water partition coefficient (Wildman–Crippen LogP) is 2.62. The fourth-order valence-corrected chi connectivity index (χ4v) is 3.27. The first kappa shape index (κ1) is 13.1. The molecule has 1 aliphatic rings. The molecule has 112 valence electrons. The molecule has 0 radical (unpaired) electrons. The van der Waals surface area contributed by atoms with Crippen LogP contribution in [0.25, 0.3) is 21.7 Å². The zero-order valence-corrected chi connectivity index (χ0v) is 12.3. The number of benzene rings is 1. The molecule has 1 N–H and O–H groups in total. The number of carboxylic acid groups (broad SMARTS) is 1. The van der Waals surface area contributed by atoms with Crippen LogP contribution in [0.5, 0.6) is 11.5 Å². The number of carboxylic acids is 1. The number of ether oxygens (including phenoxy) is 2. The maximum atomic E-state index is 11.2. The van der Waals surface area contributed by atoms with Crippen LogP contribution in [0.2, 0.25) is 0 Å². The molecule has 7 heteroatoms. The summed E-state index contributed by atoms with van der Waals surface area (Å²) in [5, 5.41) is 11.1. The van der Waals surface area contributed by atoms with E-state index < -0.39 is 5.97 Å². The molecule has 22 heavy (non-hydrogen) atoms. The topological polar surface area (TPSA) is 73.6 Å². The Morgan fingerprint density at radius 3 is 2.77 bits per heavy atom. The quantitative estimate of drug-likeness (QED) is 0.804. The monoisotopic (exact) mass is 316 g/mol. The van der Waals surface area contributed by atoms with Crippen LogP contribution in [0, 0.1) is 0 Å². The van der Waals surface area contributed by atoms with Crippen molar-refractivity contribution in [3.05, 3.63) is 29.6 Å². The molecular formula is C15H12N2O4S. The van der Waals surface area contributed by atoms with Crippen LogP contribution in [0.1, 0.15) is 0 Å². The van der Waals surface area contributed by atoms with Crippen LogP contribution < -0.4 is 9.47 Å². The Hall–Kier alpha value is -2.54. The highest BCUT2D eigenvalue weighted by molar-refractivity contribution is 7.13. The number of fused-ring (bicyclic) bond motifs is 2. The van der Waals surface area contributed by atoms with Crippen molar-refractivity contribution in [2.24, 2.45) is 0 Å². The Kier molecular flexibility index (Phi) is 3.00. The molecule has 0 aliphatic carbocycles.